The third-order valence-corrected chi connectivity index (χ3v) is 6.23. The van der Waals surface area contributed by atoms with Crippen molar-refractivity contribution >= 4 is 39.5 Å². The van der Waals surface area contributed by atoms with Crippen molar-refractivity contribution < 1.29 is 14.3 Å². The molecule has 0 saturated heterocycles. The summed E-state index contributed by atoms with van der Waals surface area (Å²) in [7, 11) is 1.64. The highest BCUT2D eigenvalue weighted by atomic mass is 79.9. The SMILES string of the molecule is COc1ccc(CSCC(=O)N(Cc2cccc(Br)c2)[C@@H](C)C(=O)NCC(C)C)cc1. The minimum Gasteiger partial charge on any atom is -0.497 e. The molecule has 0 bridgehead atoms. The first kappa shape index (κ1) is 25.3. The fourth-order valence-corrected chi connectivity index (χ4v) is 4.25. The number of nitrogens with one attached hydrogen (secondary N) is 1. The summed E-state index contributed by atoms with van der Waals surface area (Å²) in [5.41, 5.74) is 2.10. The molecule has 31 heavy (non-hydrogen) atoms. The van der Waals surface area contributed by atoms with E-state index in [9.17, 15) is 9.59 Å². The highest BCUT2D eigenvalue weighted by Gasteiger charge is 2.26. The molecule has 2 aromatic rings. The molecule has 1 N–H and O–H groups in total. The number of methoxy groups -OCH3 is 1. The van der Waals surface area contributed by atoms with Gasteiger partial charge in [-0.25, -0.2) is 0 Å². The number of nitrogens with zero attached hydrogens (tertiary/aromatic N) is 1. The van der Waals surface area contributed by atoms with Crippen LogP contribution in [0.3, 0.4) is 0 Å². The van der Waals surface area contributed by atoms with Crippen LogP contribution in [0.15, 0.2) is 53.0 Å². The van der Waals surface area contributed by atoms with Gasteiger partial charge in [-0.1, -0.05) is 54.0 Å². The number of halogens is 1. The Balaban J connectivity index is 2.04. The van der Waals surface area contributed by atoms with Gasteiger partial charge in [0.2, 0.25) is 11.8 Å². The molecular weight excluding hydrogens is 476 g/mol. The maximum Gasteiger partial charge on any atom is 0.242 e. The van der Waals surface area contributed by atoms with Gasteiger partial charge in [0, 0.05) is 23.3 Å². The summed E-state index contributed by atoms with van der Waals surface area (Å²) >= 11 is 5.02. The van der Waals surface area contributed by atoms with E-state index in [1.54, 1.807) is 30.7 Å². The smallest absolute Gasteiger partial charge is 0.242 e. The van der Waals surface area contributed by atoms with Crippen LogP contribution in [0.1, 0.15) is 31.9 Å². The van der Waals surface area contributed by atoms with Gasteiger partial charge in [-0.15, -0.1) is 11.8 Å². The maximum absolute atomic E-state index is 13.1. The third kappa shape index (κ3) is 8.57. The fourth-order valence-electron chi connectivity index (χ4n) is 2.93. The van der Waals surface area contributed by atoms with Crippen molar-refractivity contribution in [3.8, 4) is 5.75 Å². The number of hydrogen-bond donors (Lipinski definition) is 1. The standard InChI is InChI=1S/C24H31BrN2O3S/c1-17(2)13-26-24(29)18(3)27(14-20-6-5-7-21(25)12-20)23(28)16-31-15-19-8-10-22(30-4)11-9-19/h5-12,17-18H,13-16H2,1-4H3,(H,26,29)/t18-/m0/s1. The number of carbonyl (C=O) groups is 2. The first-order valence-corrected chi connectivity index (χ1v) is 12.3. The van der Waals surface area contributed by atoms with Gasteiger partial charge >= 0.3 is 0 Å². The Morgan fingerprint density at radius 2 is 1.81 bits per heavy atom. The van der Waals surface area contributed by atoms with Crippen LogP contribution in [-0.4, -0.2) is 42.2 Å². The Morgan fingerprint density at radius 3 is 2.42 bits per heavy atom. The maximum atomic E-state index is 13.1. The molecule has 0 spiro atoms. The number of benzene rings is 2. The Kier molecular flexibility index (Phi) is 10.4. The predicted octanol–water partition coefficient (Wildman–Crippen LogP) is 4.88. The van der Waals surface area contributed by atoms with E-state index in [4.69, 9.17) is 4.74 Å². The van der Waals surface area contributed by atoms with Crippen LogP contribution in [0.5, 0.6) is 5.75 Å². The Morgan fingerprint density at radius 1 is 1.10 bits per heavy atom. The van der Waals surface area contributed by atoms with Crippen molar-refractivity contribution in [2.75, 3.05) is 19.4 Å². The number of carbonyl (C=O) groups excluding carboxylic acids is 2. The molecule has 5 nitrogen and oxygen atoms in total. The normalized spacial score (nSPS) is 11.8. The van der Waals surface area contributed by atoms with Gasteiger partial charge in [0.1, 0.15) is 11.8 Å². The molecule has 0 radical (unpaired) electrons. The van der Waals surface area contributed by atoms with E-state index < -0.39 is 6.04 Å². The lowest BCUT2D eigenvalue weighted by Gasteiger charge is -2.29. The molecule has 0 fully saturated rings. The lowest BCUT2D eigenvalue weighted by Crippen LogP contribution is -2.48. The predicted molar refractivity (Wildman–Crippen MR) is 131 cm³/mol. The summed E-state index contributed by atoms with van der Waals surface area (Å²) in [5, 5.41) is 2.95. The lowest BCUT2D eigenvalue weighted by atomic mass is 10.1. The van der Waals surface area contributed by atoms with Gasteiger partial charge in [0.15, 0.2) is 0 Å². The zero-order chi connectivity index (χ0) is 22.8. The molecule has 0 unspecified atom stereocenters. The van der Waals surface area contributed by atoms with Crippen molar-refractivity contribution in [2.24, 2.45) is 5.92 Å². The minimum atomic E-state index is -0.549. The zero-order valence-corrected chi connectivity index (χ0v) is 21.0. The Hall–Kier alpha value is -1.99. The van der Waals surface area contributed by atoms with Gasteiger partial charge in [0.05, 0.1) is 12.9 Å². The van der Waals surface area contributed by atoms with Crippen molar-refractivity contribution in [1.29, 1.82) is 0 Å². The average Bonchev–Trinajstić information content (AvgIpc) is 2.75. The number of amides is 2. The number of hydrogen-bond acceptors (Lipinski definition) is 4. The topological polar surface area (TPSA) is 58.6 Å². The van der Waals surface area contributed by atoms with Crippen LogP contribution < -0.4 is 10.1 Å². The molecule has 0 saturated carbocycles. The van der Waals surface area contributed by atoms with Crippen molar-refractivity contribution in [2.45, 2.75) is 39.1 Å². The molecule has 168 valence electrons. The van der Waals surface area contributed by atoms with Crippen molar-refractivity contribution in [3.05, 3.63) is 64.1 Å². The highest BCUT2D eigenvalue weighted by molar-refractivity contribution is 9.10. The molecule has 2 amide bonds. The summed E-state index contributed by atoms with van der Waals surface area (Å²) in [6.07, 6.45) is 0. The van der Waals surface area contributed by atoms with E-state index in [1.165, 1.54) is 0 Å². The van der Waals surface area contributed by atoms with Crippen LogP contribution in [0.4, 0.5) is 0 Å². The largest absolute Gasteiger partial charge is 0.497 e. The number of rotatable bonds is 11. The Bertz CT molecular complexity index is 858. The molecule has 0 aliphatic rings. The van der Waals surface area contributed by atoms with Gasteiger partial charge in [-0.3, -0.25) is 9.59 Å². The molecule has 0 aliphatic carbocycles. The van der Waals surface area contributed by atoms with Crippen LogP contribution in [0.2, 0.25) is 0 Å². The Labute approximate surface area is 198 Å². The van der Waals surface area contributed by atoms with Crippen molar-refractivity contribution in [1.82, 2.24) is 10.2 Å². The zero-order valence-electron chi connectivity index (χ0n) is 18.6. The van der Waals surface area contributed by atoms with E-state index in [1.807, 2.05) is 62.4 Å². The van der Waals surface area contributed by atoms with Crippen LogP contribution in [0, 0.1) is 5.92 Å². The van der Waals surface area contributed by atoms with Crippen LogP contribution >= 0.6 is 27.7 Å². The molecule has 1 atom stereocenters. The second-order valence-corrected chi connectivity index (χ2v) is 9.71. The van der Waals surface area contributed by atoms with Crippen molar-refractivity contribution in [3.63, 3.8) is 0 Å². The second-order valence-electron chi connectivity index (χ2n) is 7.81. The van der Waals surface area contributed by atoms with E-state index >= 15 is 0 Å². The van der Waals surface area contributed by atoms with E-state index in [0.29, 0.717) is 30.5 Å². The molecule has 7 heteroatoms. The minimum absolute atomic E-state index is 0.0503. The molecule has 2 rings (SSSR count). The summed E-state index contributed by atoms with van der Waals surface area (Å²) in [4.78, 5) is 27.4. The number of ether oxygens (including phenoxy) is 1. The van der Waals surface area contributed by atoms with Crippen LogP contribution in [-0.2, 0) is 21.9 Å². The first-order chi connectivity index (χ1) is 14.8. The van der Waals surface area contributed by atoms with Gasteiger partial charge in [-0.2, -0.15) is 0 Å². The summed E-state index contributed by atoms with van der Waals surface area (Å²) < 4.78 is 6.13. The fraction of sp³-hybridized carbons (Fsp3) is 0.417. The average molecular weight is 507 g/mol. The summed E-state index contributed by atoms with van der Waals surface area (Å²) in [6, 6.07) is 15.1. The lowest BCUT2D eigenvalue weighted by molar-refractivity contribution is -0.138. The molecule has 0 heterocycles. The van der Waals surface area contributed by atoms with E-state index in [2.05, 4.69) is 21.2 Å². The van der Waals surface area contributed by atoms with E-state index in [-0.39, 0.29) is 11.8 Å². The summed E-state index contributed by atoms with van der Waals surface area (Å²) in [5.74, 6) is 2.01. The van der Waals surface area contributed by atoms with Gasteiger partial charge in [0.25, 0.3) is 0 Å². The van der Waals surface area contributed by atoms with Gasteiger partial charge in [-0.05, 0) is 48.2 Å². The molecule has 2 aromatic carbocycles. The third-order valence-electron chi connectivity index (χ3n) is 4.75. The molecule has 0 aliphatic heterocycles. The van der Waals surface area contributed by atoms with Gasteiger partial charge < -0.3 is 15.0 Å². The molecular formula is C24H31BrN2O3S. The van der Waals surface area contributed by atoms with Crippen LogP contribution in [0.25, 0.3) is 0 Å². The highest BCUT2D eigenvalue weighted by Crippen LogP contribution is 2.19. The quantitative estimate of drug-likeness (QED) is 0.471. The molecule has 0 aromatic heterocycles. The number of thioether (sulfide) groups is 1. The first-order valence-electron chi connectivity index (χ1n) is 10.3. The summed E-state index contributed by atoms with van der Waals surface area (Å²) in [6.45, 7) is 6.86. The monoisotopic (exact) mass is 506 g/mol. The second kappa shape index (κ2) is 12.8. The van der Waals surface area contributed by atoms with E-state index in [0.717, 1.165) is 21.3 Å².